The molecule has 23 heavy (non-hydrogen) atoms. The van der Waals surface area contributed by atoms with Crippen molar-refractivity contribution >= 4 is 21.4 Å². The molecule has 0 radical (unpaired) electrons. The largest absolute Gasteiger partial charge is 0.486 e. The van der Waals surface area contributed by atoms with E-state index in [1.165, 1.54) is 24.3 Å². The third-order valence-electron chi connectivity index (χ3n) is 3.34. The number of rotatable bonds is 4. The molecule has 2 aromatic rings. The molecular weight excluding hydrogens is 343 g/mol. The van der Waals surface area contributed by atoms with Gasteiger partial charge in [-0.15, -0.1) is 0 Å². The highest BCUT2D eigenvalue weighted by molar-refractivity contribution is 7.89. The zero-order valence-electron chi connectivity index (χ0n) is 12.1. The fourth-order valence-electron chi connectivity index (χ4n) is 2.39. The van der Waals surface area contributed by atoms with E-state index in [9.17, 15) is 12.8 Å². The van der Waals surface area contributed by atoms with Crippen molar-refractivity contribution in [2.24, 2.45) is 0 Å². The molecule has 122 valence electrons. The van der Waals surface area contributed by atoms with Crippen LogP contribution in [0, 0.1) is 5.82 Å². The first-order valence-electron chi connectivity index (χ1n) is 6.96. The number of benzene rings is 2. The van der Waals surface area contributed by atoms with Crippen LogP contribution in [-0.2, 0) is 21.3 Å². The van der Waals surface area contributed by atoms with E-state index in [0.29, 0.717) is 40.9 Å². The summed E-state index contributed by atoms with van der Waals surface area (Å²) in [4.78, 5) is 0. The number of hydrogen-bond acceptors (Lipinski definition) is 4. The van der Waals surface area contributed by atoms with Gasteiger partial charge in [0.25, 0.3) is 0 Å². The van der Waals surface area contributed by atoms with Crippen molar-refractivity contribution in [3.8, 4) is 11.5 Å². The Kier molecular flexibility index (Phi) is 4.46. The molecule has 1 heterocycles. The third kappa shape index (κ3) is 3.95. The SMILES string of the molecule is O=S(=O)(Cc1ccc(F)cc1)Cc1cc(Cl)c2c(c1)OCCO2. The van der Waals surface area contributed by atoms with E-state index in [1.807, 2.05) is 0 Å². The molecule has 2 aromatic carbocycles. The summed E-state index contributed by atoms with van der Waals surface area (Å²) < 4.78 is 48.4. The Morgan fingerprint density at radius 3 is 2.39 bits per heavy atom. The van der Waals surface area contributed by atoms with Crippen LogP contribution in [0.4, 0.5) is 4.39 Å². The van der Waals surface area contributed by atoms with Gasteiger partial charge in [0, 0.05) is 0 Å². The highest BCUT2D eigenvalue weighted by Crippen LogP contribution is 2.38. The van der Waals surface area contributed by atoms with Gasteiger partial charge in [0.1, 0.15) is 19.0 Å². The topological polar surface area (TPSA) is 52.6 Å². The number of hydrogen-bond donors (Lipinski definition) is 0. The zero-order valence-corrected chi connectivity index (χ0v) is 13.7. The van der Waals surface area contributed by atoms with Crippen molar-refractivity contribution < 1.29 is 22.3 Å². The summed E-state index contributed by atoms with van der Waals surface area (Å²) in [7, 11) is -3.42. The van der Waals surface area contributed by atoms with Crippen molar-refractivity contribution in [3.63, 3.8) is 0 Å². The fraction of sp³-hybridized carbons (Fsp3) is 0.250. The first-order chi connectivity index (χ1) is 10.9. The van der Waals surface area contributed by atoms with Gasteiger partial charge in [-0.1, -0.05) is 23.7 Å². The van der Waals surface area contributed by atoms with Crippen molar-refractivity contribution in [3.05, 3.63) is 58.4 Å². The zero-order chi connectivity index (χ0) is 16.4. The summed E-state index contributed by atoms with van der Waals surface area (Å²) in [6.07, 6.45) is 0. The van der Waals surface area contributed by atoms with E-state index in [-0.39, 0.29) is 11.5 Å². The Morgan fingerprint density at radius 1 is 1.00 bits per heavy atom. The Balaban J connectivity index is 1.80. The first kappa shape index (κ1) is 16.1. The van der Waals surface area contributed by atoms with Gasteiger partial charge >= 0.3 is 0 Å². The summed E-state index contributed by atoms with van der Waals surface area (Å²) in [5.41, 5.74) is 1.07. The molecule has 0 saturated heterocycles. The molecule has 3 rings (SSSR count). The molecule has 0 amide bonds. The second-order valence-corrected chi connectivity index (χ2v) is 7.73. The summed E-state index contributed by atoms with van der Waals surface area (Å²) in [5.74, 6) is 0.151. The lowest BCUT2D eigenvalue weighted by atomic mass is 10.2. The Bertz CT molecular complexity index is 819. The van der Waals surface area contributed by atoms with Crippen molar-refractivity contribution in [2.45, 2.75) is 11.5 Å². The molecular formula is C16H14ClFO4S. The number of fused-ring (bicyclic) bond motifs is 1. The van der Waals surface area contributed by atoms with Gasteiger partial charge in [0.15, 0.2) is 21.3 Å². The molecule has 0 spiro atoms. The molecule has 0 atom stereocenters. The second-order valence-electron chi connectivity index (χ2n) is 5.26. The van der Waals surface area contributed by atoms with E-state index in [4.69, 9.17) is 21.1 Å². The predicted octanol–water partition coefficient (Wildman–Crippen LogP) is 3.37. The lowest BCUT2D eigenvalue weighted by molar-refractivity contribution is 0.171. The lowest BCUT2D eigenvalue weighted by Gasteiger charge is -2.20. The molecule has 0 unspecified atom stereocenters. The quantitative estimate of drug-likeness (QED) is 0.842. The van der Waals surface area contributed by atoms with Crippen LogP contribution >= 0.6 is 11.6 Å². The minimum atomic E-state index is -3.42. The number of sulfone groups is 1. The first-order valence-corrected chi connectivity index (χ1v) is 9.16. The molecule has 0 aliphatic carbocycles. The van der Waals surface area contributed by atoms with Crippen LogP contribution in [0.2, 0.25) is 5.02 Å². The Hall–Kier alpha value is -1.79. The van der Waals surface area contributed by atoms with Gasteiger partial charge in [-0.25, -0.2) is 12.8 Å². The van der Waals surface area contributed by atoms with Crippen LogP contribution in [0.25, 0.3) is 0 Å². The summed E-state index contributed by atoms with van der Waals surface area (Å²) >= 11 is 6.11. The third-order valence-corrected chi connectivity index (χ3v) is 5.17. The average molecular weight is 357 g/mol. The maximum atomic E-state index is 12.9. The highest BCUT2D eigenvalue weighted by Gasteiger charge is 2.20. The van der Waals surface area contributed by atoms with Crippen LogP contribution in [0.5, 0.6) is 11.5 Å². The molecule has 0 saturated carbocycles. The van der Waals surface area contributed by atoms with E-state index in [2.05, 4.69) is 0 Å². The number of ether oxygens (including phenoxy) is 2. The van der Waals surface area contributed by atoms with Crippen LogP contribution in [0.1, 0.15) is 11.1 Å². The van der Waals surface area contributed by atoms with Crippen molar-refractivity contribution in [2.75, 3.05) is 13.2 Å². The molecule has 0 bridgehead atoms. The molecule has 1 aliphatic heterocycles. The smallest absolute Gasteiger partial charge is 0.179 e. The molecule has 0 N–H and O–H groups in total. The molecule has 0 fully saturated rings. The summed E-state index contributed by atoms with van der Waals surface area (Å²) in [6, 6.07) is 8.60. The van der Waals surface area contributed by atoms with Crippen LogP contribution in [0.3, 0.4) is 0 Å². The minimum Gasteiger partial charge on any atom is -0.486 e. The minimum absolute atomic E-state index is 0.167. The van der Waals surface area contributed by atoms with Crippen molar-refractivity contribution in [1.29, 1.82) is 0 Å². The summed E-state index contributed by atoms with van der Waals surface area (Å²) in [5, 5.41) is 0.328. The predicted molar refractivity (Wildman–Crippen MR) is 85.2 cm³/mol. The summed E-state index contributed by atoms with van der Waals surface area (Å²) in [6.45, 7) is 0.810. The lowest BCUT2D eigenvalue weighted by Crippen LogP contribution is -2.16. The average Bonchev–Trinajstić information content (AvgIpc) is 2.49. The standard InChI is InChI=1S/C16H14ClFO4S/c17-14-7-12(8-15-16(14)22-6-5-21-15)10-23(19,20)9-11-1-3-13(18)4-2-11/h1-4,7-8H,5-6,9-10H2. The van der Waals surface area contributed by atoms with E-state index >= 15 is 0 Å². The maximum Gasteiger partial charge on any atom is 0.179 e. The van der Waals surface area contributed by atoms with Crippen molar-refractivity contribution in [1.82, 2.24) is 0 Å². The van der Waals surface area contributed by atoms with Gasteiger partial charge in [-0.05, 0) is 35.4 Å². The maximum absolute atomic E-state index is 12.9. The van der Waals surface area contributed by atoms with Gasteiger partial charge < -0.3 is 9.47 Å². The Labute approximate surface area is 138 Å². The molecule has 1 aliphatic rings. The van der Waals surface area contributed by atoms with Gasteiger partial charge in [-0.3, -0.25) is 0 Å². The normalized spacial score (nSPS) is 13.8. The van der Waals surface area contributed by atoms with Crippen LogP contribution in [0.15, 0.2) is 36.4 Å². The van der Waals surface area contributed by atoms with E-state index < -0.39 is 15.7 Å². The number of halogens is 2. The molecule has 4 nitrogen and oxygen atoms in total. The highest BCUT2D eigenvalue weighted by atomic mass is 35.5. The molecule has 0 aromatic heterocycles. The Morgan fingerprint density at radius 2 is 1.65 bits per heavy atom. The van der Waals surface area contributed by atoms with Crippen LogP contribution in [-0.4, -0.2) is 21.6 Å². The molecule has 7 heteroatoms. The fourth-order valence-corrected chi connectivity index (χ4v) is 4.15. The van der Waals surface area contributed by atoms with E-state index in [0.717, 1.165) is 0 Å². The van der Waals surface area contributed by atoms with E-state index in [1.54, 1.807) is 12.1 Å². The second kappa shape index (κ2) is 6.37. The monoisotopic (exact) mass is 356 g/mol. The van der Waals surface area contributed by atoms with Gasteiger partial charge in [-0.2, -0.15) is 0 Å². The van der Waals surface area contributed by atoms with Gasteiger partial charge in [0.05, 0.1) is 16.5 Å². The van der Waals surface area contributed by atoms with Gasteiger partial charge in [0.2, 0.25) is 0 Å². The van der Waals surface area contributed by atoms with Crippen LogP contribution < -0.4 is 9.47 Å².